The van der Waals surface area contributed by atoms with Crippen molar-refractivity contribution in [3.05, 3.63) is 53.8 Å². The van der Waals surface area contributed by atoms with Crippen LogP contribution in [0.25, 0.3) is 0 Å². The fourth-order valence-electron chi connectivity index (χ4n) is 3.18. The topological polar surface area (TPSA) is 42.0 Å². The number of amides is 1. The number of carbonyl (C=O) groups is 1. The third-order valence-electron chi connectivity index (χ3n) is 4.53. The normalized spacial score (nSPS) is 15.8. The highest BCUT2D eigenvalue weighted by molar-refractivity contribution is 5.94. The molecule has 3 rings (SSSR count). The molecular weight excluding hydrogens is 335 g/mol. The number of para-hydroxylation sites is 2. The van der Waals surface area contributed by atoms with E-state index in [1.165, 1.54) is 19.2 Å². The Bertz CT molecular complexity index is 796. The Balaban J connectivity index is 1.71. The first-order valence-corrected chi connectivity index (χ1v) is 8.63. The molecule has 0 spiro atoms. The number of hydrogen-bond donors (Lipinski definition) is 0. The van der Waals surface area contributed by atoms with Gasteiger partial charge in [-0.2, -0.15) is 0 Å². The van der Waals surface area contributed by atoms with Crippen molar-refractivity contribution in [3.8, 4) is 11.5 Å². The van der Waals surface area contributed by atoms with E-state index >= 15 is 0 Å². The lowest BCUT2D eigenvalue weighted by atomic mass is 10.1. The zero-order valence-corrected chi connectivity index (χ0v) is 15.2. The van der Waals surface area contributed by atoms with Gasteiger partial charge in [0.25, 0.3) is 5.91 Å². The highest BCUT2D eigenvalue weighted by atomic mass is 19.1. The first-order valence-electron chi connectivity index (χ1n) is 8.63. The Morgan fingerprint density at radius 1 is 1.35 bits per heavy atom. The highest BCUT2D eigenvalue weighted by Gasteiger charge is 2.27. The maximum Gasteiger partial charge on any atom is 0.253 e. The fraction of sp³-hybridized carbons (Fsp3) is 0.350. The van der Waals surface area contributed by atoms with E-state index in [0.717, 1.165) is 18.0 Å². The maximum absolute atomic E-state index is 13.9. The Morgan fingerprint density at radius 3 is 2.81 bits per heavy atom. The molecule has 0 bridgehead atoms. The molecule has 1 amide bonds. The van der Waals surface area contributed by atoms with Crippen LogP contribution in [0.15, 0.2) is 42.5 Å². The second kappa shape index (κ2) is 7.64. The molecule has 26 heavy (non-hydrogen) atoms. The number of carbonyl (C=O) groups excluding carboxylic acids is 1. The van der Waals surface area contributed by atoms with Crippen molar-refractivity contribution in [2.75, 3.05) is 38.7 Å². The molecule has 1 atom stereocenters. The van der Waals surface area contributed by atoms with Crippen LogP contribution >= 0.6 is 0 Å². The van der Waals surface area contributed by atoms with Crippen LogP contribution in [0.2, 0.25) is 0 Å². The van der Waals surface area contributed by atoms with Crippen LogP contribution in [0.4, 0.5) is 10.1 Å². The second-order valence-corrected chi connectivity index (χ2v) is 6.28. The summed E-state index contributed by atoms with van der Waals surface area (Å²) in [7, 11) is 3.09. The van der Waals surface area contributed by atoms with E-state index in [4.69, 9.17) is 9.47 Å². The first kappa shape index (κ1) is 18.0. The minimum Gasteiger partial charge on any atom is -0.494 e. The zero-order chi connectivity index (χ0) is 18.7. The fourth-order valence-corrected chi connectivity index (χ4v) is 3.18. The molecule has 0 radical (unpaired) electrons. The molecule has 1 heterocycles. The predicted molar refractivity (Wildman–Crippen MR) is 98.7 cm³/mol. The first-order chi connectivity index (χ1) is 12.5. The molecule has 0 aliphatic carbocycles. The molecule has 5 nitrogen and oxygen atoms in total. The van der Waals surface area contributed by atoms with Gasteiger partial charge in [0.05, 0.1) is 25.9 Å². The Morgan fingerprint density at radius 2 is 2.12 bits per heavy atom. The summed E-state index contributed by atoms with van der Waals surface area (Å²) in [6.07, 6.45) is -0.151. The quantitative estimate of drug-likeness (QED) is 0.823. The monoisotopic (exact) mass is 358 g/mol. The summed E-state index contributed by atoms with van der Waals surface area (Å²) in [5.74, 6) is 0.140. The van der Waals surface area contributed by atoms with Gasteiger partial charge in [0, 0.05) is 19.2 Å². The molecule has 1 aliphatic heterocycles. The molecule has 138 valence electrons. The molecule has 0 N–H and O–H groups in total. The summed E-state index contributed by atoms with van der Waals surface area (Å²) in [6.45, 7) is 4.06. The molecule has 2 aromatic rings. The van der Waals surface area contributed by atoms with E-state index in [1.807, 2.05) is 24.3 Å². The SMILES string of the molecule is CCN1C[C@@H](CN(C)C(=O)c2ccc(OC)c(F)c2)Oc2ccccc21. The number of fused-ring (bicyclic) bond motifs is 1. The lowest BCUT2D eigenvalue weighted by molar-refractivity contribution is 0.0709. The van der Waals surface area contributed by atoms with Gasteiger partial charge in [-0.1, -0.05) is 12.1 Å². The van der Waals surface area contributed by atoms with E-state index in [0.29, 0.717) is 13.1 Å². The zero-order valence-electron chi connectivity index (χ0n) is 15.2. The van der Waals surface area contributed by atoms with E-state index in [2.05, 4.69) is 11.8 Å². The number of nitrogens with zero attached hydrogens (tertiary/aromatic N) is 2. The molecule has 2 aromatic carbocycles. The summed E-state index contributed by atoms with van der Waals surface area (Å²) >= 11 is 0. The number of methoxy groups -OCH3 is 1. The molecule has 0 saturated heterocycles. The molecule has 1 aliphatic rings. The van der Waals surface area contributed by atoms with Gasteiger partial charge < -0.3 is 19.3 Å². The largest absolute Gasteiger partial charge is 0.494 e. The lowest BCUT2D eigenvalue weighted by Gasteiger charge is -2.37. The summed E-state index contributed by atoms with van der Waals surface area (Å²) in [5.41, 5.74) is 1.35. The van der Waals surface area contributed by atoms with Crippen LogP contribution in [-0.2, 0) is 0 Å². The minimum absolute atomic E-state index is 0.120. The third-order valence-corrected chi connectivity index (χ3v) is 4.53. The van der Waals surface area contributed by atoms with Gasteiger partial charge in [-0.05, 0) is 37.3 Å². The van der Waals surface area contributed by atoms with E-state index < -0.39 is 5.82 Å². The number of hydrogen-bond acceptors (Lipinski definition) is 4. The number of halogens is 1. The second-order valence-electron chi connectivity index (χ2n) is 6.28. The van der Waals surface area contributed by atoms with Crippen molar-refractivity contribution in [2.45, 2.75) is 13.0 Å². The average Bonchev–Trinajstić information content (AvgIpc) is 2.66. The van der Waals surface area contributed by atoms with Crippen molar-refractivity contribution in [3.63, 3.8) is 0 Å². The number of anilines is 1. The van der Waals surface area contributed by atoms with Crippen LogP contribution in [-0.4, -0.2) is 50.7 Å². The van der Waals surface area contributed by atoms with Crippen molar-refractivity contribution in [1.82, 2.24) is 4.90 Å². The van der Waals surface area contributed by atoms with Crippen LogP contribution < -0.4 is 14.4 Å². The molecule has 6 heteroatoms. The van der Waals surface area contributed by atoms with E-state index in [9.17, 15) is 9.18 Å². The minimum atomic E-state index is -0.549. The van der Waals surface area contributed by atoms with Crippen LogP contribution in [0.3, 0.4) is 0 Å². The third kappa shape index (κ3) is 3.59. The molecule has 0 fully saturated rings. The lowest BCUT2D eigenvalue weighted by Crippen LogP contribution is -2.46. The van der Waals surface area contributed by atoms with Gasteiger partial charge in [0.1, 0.15) is 11.9 Å². The van der Waals surface area contributed by atoms with Gasteiger partial charge >= 0.3 is 0 Å². The summed E-state index contributed by atoms with van der Waals surface area (Å²) in [6, 6.07) is 12.1. The Labute approximate surface area is 152 Å². The average molecular weight is 358 g/mol. The van der Waals surface area contributed by atoms with Crippen molar-refractivity contribution in [1.29, 1.82) is 0 Å². The van der Waals surface area contributed by atoms with E-state index in [1.54, 1.807) is 18.0 Å². The Kier molecular flexibility index (Phi) is 5.30. The van der Waals surface area contributed by atoms with Crippen molar-refractivity contribution < 1.29 is 18.7 Å². The van der Waals surface area contributed by atoms with Crippen LogP contribution in [0.1, 0.15) is 17.3 Å². The summed E-state index contributed by atoms with van der Waals surface area (Å²) in [5, 5.41) is 0. The van der Waals surface area contributed by atoms with Crippen molar-refractivity contribution >= 4 is 11.6 Å². The molecule has 0 aromatic heterocycles. The maximum atomic E-state index is 13.9. The van der Waals surface area contributed by atoms with Gasteiger partial charge in [0.2, 0.25) is 0 Å². The van der Waals surface area contributed by atoms with Crippen LogP contribution in [0.5, 0.6) is 11.5 Å². The smallest absolute Gasteiger partial charge is 0.253 e. The number of likely N-dealkylation sites (N-methyl/N-ethyl adjacent to an activating group) is 2. The van der Waals surface area contributed by atoms with Crippen LogP contribution in [0, 0.1) is 5.82 Å². The summed E-state index contributed by atoms with van der Waals surface area (Å²) in [4.78, 5) is 16.4. The predicted octanol–water partition coefficient (Wildman–Crippen LogP) is 3.19. The van der Waals surface area contributed by atoms with Gasteiger partial charge in [-0.3, -0.25) is 4.79 Å². The standard InChI is InChI=1S/C20H23FN2O3/c1-4-23-13-15(26-19-8-6-5-7-17(19)23)12-22(2)20(24)14-9-10-18(25-3)16(21)11-14/h5-11,15H,4,12-13H2,1-3H3/t15-/m1/s1. The Hall–Kier alpha value is -2.76. The van der Waals surface area contributed by atoms with Gasteiger partial charge in [-0.25, -0.2) is 4.39 Å². The van der Waals surface area contributed by atoms with E-state index in [-0.39, 0.29) is 23.3 Å². The number of ether oxygens (including phenoxy) is 2. The molecule has 0 unspecified atom stereocenters. The van der Waals surface area contributed by atoms with Crippen molar-refractivity contribution in [2.24, 2.45) is 0 Å². The summed E-state index contributed by atoms with van der Waals surface area (Å²) < 4.78 is 24.8. The van der Waals surface area contributed by atoms with Gasteiger partial charge in [-0.15, -0.1) is 0 Å². The number of benzene rings is 2. The molecular formula is C20H23FN2O3. The van der Waals surface area contributed by atoms with Gasteiger partial charge in [0.15, 0.2) is 11.6 Å². The molecule has 0 saturated carbocycles. The number of rotatable bonds is 5. The highest BCUT2D eigenvalue weighted by Crippen LogP contribution is 2.33.